The predicted molar refractivity (Wildman–Crippen MR) is 65.6 cm³/mol. The first-order valence-electron chi connectivity index (χ1n) is 5.85. The van der Waals surface area contributed by atoms with Gasteiger partial charge in [0.25, 0.3) is 11.2 Å². The molecule has 6 heteroatoms. The fourth-order valence-corrected chi connectivity index (χ4v) is 2.34. The van der Waals surface area contributed by atoms with E-state index in [1.54, 1.807) is 4.57 Å². The highest BCUT2D eigenvalue weighted by Crippen LogP contribution is 2.19. The highest BCUT2D eigenvalue weighted by molar-refractivity contribution is 5.80. The molecule has 2 heterocycles. The maximum Gasteiger partial charge on any atom is 0.271 e. The molecule has 18 heavy (non-hydrogen) atoms. The minimum atomic E-state index is -0.474. The number of benzene rings is 1. The van der Waals surface area contributed by atoms with E-state index in [0.717, 1.165) is 25.1 Å². The van der Waals surface area contributed by atoms with Gasteiger partial charge < -0.3 is 0 Å². The Hall–Kier alpha value is -2.24. The van der Waals surface area contributed by atoms with E-state index in [1.807, 2.05) is 0 Å². The fraction of sp³-hybridized carbons (Fsp3) is 0.333. The van der Waals surface area contributed by atoms with Gasteiger partial charge in [-0.05, 0) is 18.9 Å². The van der Waals surface area contributed by atoms with Crippen molar-refractivity contribution < 1.29 is 4.92 Å². The number of non-ortho nitro benzene ring substituents is 1. The van der Waals surface area contributed by atoms with Crippen LogP contribution in [0.25, 0.3) is 10.9 Å². The van der Waals surface area contributed by atoms with E-state index < -0.39 is 4.92 Å². The summed E-state index contributed by atoms with van der Waals surface area (Å²) in [4.78, 5) is 26.8. The van der Waals surface area contributed by atoms with E-state index in [1.165, 1.54) is 18.2 Å². The zero-order valence-corrected chi connectivity index (χ0v) is 9.63. The Morgan fingerprint density at radius 1 is 1.33 bits per heavy atom. The quantitative estimate of drug-likeness (QED) is 0.565. The number of hydrogen-bond acceptors (Lipinski definition) is 4. The SMILES string of the molecule is O=c1c2ccc([N+](=O)[O-])cc2nc2n1CCCC2. The van der Waals surface area contributed by atoms with Gasteiger partial charge in [0.05, 0.1) is 15.8 Å². The van der Waals surface area contributed by atoms with Crippen molar-refractivity contribution in [1.82, 2.24) is 9.55 Å². The second-order valence-corrected chi connectivity index (χ2v) is 4.40. The number of hydrogen-bond donors (Lipinski definition) is 0. The van der Waals surface area contributed by atoms with Crippen LogP contribution >= 0.6 is 0 Å². The van der Waals surface area contributed by atoms with Crippen molar-refractivity contribution in [1.29, 1.82) is 0 Å². The van der Waals surface area contributed by atoms with E-state index in [0.29, 0.717) is 17.4 Å². The van der Waals surface area contributed by atoms with E-state index >= 15 is 0 Å². The van der Waals surface area contributed by atoms with Crippen molar-refractivity contribution in [2.75, 3.05) is 0 Å². The molecular weight excluding hydrogens is 234 g/mol. The summed E-state index contributed by atoms with van der Waals surface area (Å²) in [5, 5.41) is 11.2. The molecule has 1 aromatic carbocycles. The molecule has 0 unspecified atom stereocenters. The molecule has 0 atom stereocenters. The molecule has 3 rings (SSSR count). The van der Waals surface area contributed by atoms with Crippen LogP contribution < -0.4 is 5.56 Å². The third-order valence-corrected chi connectivity index (χ3v) is 3.26. The van der Waals surface area contributed by atoms with Crippen molar-refractivity contribution in [3.05, 3.63) is 44.5 Å². The summed E-state index contributed by atoms with van der Waals surface area (Å²) in [6, 6.07) is 4.21. The molecular formula is C12H11N3O3. The second kappa shape index (κ2) is 3.90. The van der Waals surface area contributed by atoms with Crippen LogP contribution in [-0.2, 0) is 13.0 Å². The van der Waals surface area contributed by atoms with Crippen LogP contribution in [0.15, 0.2) is 23.0 Å². The molecule has 92 valence electrons. The Labute approximate surface area is 102 Å². The molecule has 0 saturated carbocycles. The first kappa shape index (κ1) is 10.9. The zero-order chi connectivity index (χ0) is 12.7. The lowest BCUT2D eigenvalue weighted by Gasteiger charge is -2.17. The Bertz CT molecular complexity index is 706. The van der Waals surface area contributed by atoms with Crippen LogP contribution in [-0.4, -0.2) is 14.5 Å². The molecule has 1 aliphatic rings. The van der Waals surface area contributed by atoms with E-state index in [-0.39, 0.29) is 11.2 Å². The Morgan fingerprint density at radius 2 is 2.17 bits per heavy atom. The minimum absolute atomic E-state index is 0.0323. The monoisotopic (exact) mass is 245 g/mol. The molecule has 0 bridgehead atoms. The number of nitro groups is 1. The van der Waals surface area contributed by atoms with Gasteiger partial charge in [-0.25, -0.2) is 4.98 Å². The summed E-state index contributed by atoms with van der Waals surface area (Å²) in [5.74, 6) is 0.735. The highest BCUT2D eigenvalue weighted by Gasteiger charge is 2.16. The molecule has 0 saturated heterocycles. The van der Waals surface area contributed by atoms with Gasteiger partial charge in [0.15, 0.2) is 0 Å². The molecule has 0 N–H and O–H groups in total. The van der Waals surface area contributed by atoms with Gasteiger partial charge in [-0.2, -0.15) is 0 Å². The molecule has 0 radical (unpaired) electrons. The maximum atomic E-state index is 12.2. The van der Waals surface area contributed by atoms with Crippen molar-refractivity contribution in [3.8, 4) is 0 Å². The van der Waals surface area contributed by atoms with Gasteiger partial charge in [0.2, 0.25) is 0 Å². The van der Waals surface area contributed by atoms with Crippen LogP contribution in [0.4, 0.5) is 5.69 Å². The van der Waals surface area contributed by atoms with Gasteiger partial charge in [-0.15, -0.1) is 0 Å². The molecule has 6 nitrogen and oxygen atoms in total. The zero-order valence-electron chi connectivity index (χ0n) is 9.63. The molecule has 0 fully saturated rings. The molecule has 0 amide bonds. The number of nitro benzene ring substituents is 1. The van der Waals surface area contributed by atoms with E-state index in [4.69, 9.17) is 0 Å². The first-order chi connectivity index (χ1) is 8.66. The van der Waals surface area contributed by atoms with Gasteiger partial charge in [-0.1, -0.05) is 0 Å². The summed E-state index contributed by atoms with van der Waals surface area (Å²) >= 11 is 0. The molecule has 0 aliphatic carbocycles. The van der Waals surface area contributed by atoms with Gasteiger partial charge in [0.1, 0.15) is 5.82 Å². The largest absolute Gasteiger partial charge is 0.296 e. The Balaban J connectivity index is 2.31. The molecule has 1 aromatic heterocycles. The van der Waals surface area contributed by atoms with Gasteiger partial charge in [-0.3, -0.25) is 19.5 Å². The van der Waals surface area contributed by atoms with Crippen molar-refractivity contribution in [2.24, 2.45) is 0 Å². The van der Waals surface area contributed by atoms with E-state index in [2.05, 4.69) is 4.98 Å². The number of aryl methyl sites for hydroxylation is 1. The van der Waals surface area contributed by atoms with Crippen molar-refractivity contribution >= 4 is 16.6 Å². The fourth-order valence-electron chi connectivity index (χ4n) is 2.34. The van der Waals surface area contributed by atoms with Crippen LogP contribution in [0, 0.1) is 10.1 Å². The normalized spacial score (nSPS) is 14.4. The maximum absolute atomic E-state index is 12.2. The summed E-state index contributed by atoms with van der Waals surface area (Å²) in [6.07, 6.45) is 2.74. The van der Waals surface area contributed by atoms with Crippen LogP contribution in [0.3, 0.4) is 0 Å². The van der Waals surface area contributed by atoms with Gasteiger partial charge >= 0.3 is 0 Å². The number of nitrogens with zero attached hydrogens (tertiary/aromatic N) is 3. The lowest BCUT2D eigenvalue weighted by atomic mass is 10.1. The molecule has 2 aromatic rings. The minimum Gasteiger partial charge on any atom is -0.296 e. The summed E-state index contributed by atoms with van der Waals surface area (Å²) in [7, 11) is 0. The van der Waals surface area contributed by atoms with Crippen LogP contribution in [0.2, 0.25) is 0 Å². The van der Waals surface area contributed by atoms with Crippen molar-refractivity contribution in [3.63, 3.8) is 0 Å². The number of fused-ring (bicyclic) bond motifs is 2. The summed E-state index contributed by atoms with van der Waals surface area (Å²) in [6.45, 7) is 0.689. The topological polar surface area (TPSA) is 78.0 Å². The molecule has 1 aliphatic heterocycles. The lowest BCUT2D eigenvalue weighted by molar-refractivity contribution is -0.384. The number of aromatic nitrogens is 2. The number of rotatable bonds is 1. The third kappa shape index (κ3) is 1.57. The standard InChI is InChI=1S/C12H11N3O3/c16-12-9-5-4-8(15(17)18)7-10(9)13-11-3-1-2-6-14(11)12/h4-5,7H,1-3,6H2. The van der Waals surface area contributed by atoms with Crippen LogP contribution in [0.5, 0.6) is 0 Å². The smallest absolute Gasteiger partial charge is 0.271 e. The average molecular weight is 245 g/mol. The molecule has 0 spiro atoms. The second-order valence-electron chi connectivity index (χ2n) is 4.40. The third-order valence-electron chi connectivity index (χ3n) is 3.26. The highest BCUT2D eigenvalue weighted by atomic mass is 16.6. The van der Waals surface area contributed by atoms with Crippen molar-refractivity contribution in [2.45, 2.75) is 25.8 Å². The Kier molecular flexibility index (Phi) is 2.36. The Morgan fingerprint density at radius 3 is 2.94 bits per heavy atom. The first-order valence-corrected chi connectivity index (χ1v) is 5.85. The average Bonchev–Trinajstić information content (AvgIpc) is 2.38. The summed E-state index contributed by atoms with van der Waals surface area (Å²) < 4.78 is 1.68. The van der Waals surface area contributed by atoms with Crippen LogP contribution in [0.1, 0.15) is 18.7 Å². The lowest BCUT2D eigenvalue weighted by Crippen LogP contribution is -2.28. The summed E-state index contributed by atoms with van der Waals surface area (Å²) in [5.41, 5.74) is 0.294. The predicted octanol–water partition coefficient (Wildman–Crippen LogP) is 1.64. The van der Waals surface area contributed by atoms with E-state index in [9.17, 15) is 14.9 Å². The van der Waals surface area contributed by atoms with Gasteiger partial charge in [0, 0.05) is 25.1 Å².